The number of amides is 2. The highest BCUT2D eigenvalue weighted by Crippen LogP contribution is 2.26. The molecule has 1 aliphatic heterocycles. The number of carbonyl (C=O) groups excluding carboxylic acids is 1. The van der Waals surface area contributed by atoms with Gasteiger partial charge in [0.05, 0.1) is 18.2 Å². The molecule has 0 saturated carbocycles. The first-order valence-corrected chi connectivity index (χ1v) is 9.36. The maximum absolute atomic E-state index is 12.7. The van der Waals surface area contributed by atoms with Gasteiger partial charge in [-0.3, -0.25) is 0 Å². The fourth-order valence-electron chi connectivity index (χ4n) is 3.64. The molecule has 150 valence electrons. The van der Waals surface area contributed by atoms with Crippen LogP contribution in [0.3, 0.4) is 0 Å². The van der Waals surface area contributed by atoms with Crippen LogP contribution in [0.1, 0.15) is 39.2 Å². The first-order chi connectivity index (χ1) is 12.8. The van der Waals surface area contributed by atoms with E-state index in [-0.39, 0.29) is 37.4 Å². The highest BCUT2D eigenvalue weighted by molar-refractivity contribution is 5.69. The van der Waals surface area contributed by atoms with E-state index in [9.17, 15) is 14.7 Å². The molecule has 1 aromatic rings. The highest BCUT2D eigenvalue weighted by Gasteiger charge is 2.39. The molecule has 1 unspecified atom stereocenters. The lowest BCUT2D eigenvalue weighted by molar-refractivity contribution is -0.0164. The predicted molar refractivity (Wildman–Crippen MR) is 102 cm³/mol. The third kappa shape index (κ3) is 5.35. The number of carboxylic acid groups (broad SMARTS) is 1. The summed E-state index contributed by atoms with van der Waals surface area (Å²) >= 11 is 0. The Kier molecular flexibility index (Phi) is 7.47. The summed E-state index contributed by atoms with van der Waals surface area (Å²) in [5.74, 6) is 0. The number of methoxy groups -OCH3 is 1. The molecule has 2 rings (SSSR count). The van der Waals surface area contributed by atoms with Gasteiger partial charge in [0.2, 0.25) is 0 Å². The molecule has 27 heavy (non-hydrogen) atoms. The standard InChI is InChI=1S/C20H30N2O5/c1-14(2)22(20(25)27-13-16-8-6-5-7-9-16)17-10-11-18(15(3)26-4)21(12-17)19(23)24/h5-9,14-15,17-18H,10-13H2,1-4H3,(H,23,24)/t15?,17-,18-/m1/s1. The van der Waals surface area contributed by atoms with Crippen molar-refractivity contribution in [2.24, 2.45) is 0 Å². The smallest absolute Gasteiger partial charge is 0.410 e. The van der Waals surface area contributed by atoms with E-state index in [2.05, 4.69) is 0 Å². The van der Waals surface area contributed by atoms with Crippen molar-refractivity contribution in [3.8, 4) is 0 Å². The zero-order valence-electron chi connectivity index (χ0n) is 16.5. The highest BCUT2D eigenvalue weighted by atomic mass is 16.6. The van der Waals surface area contributed by atoms with E-state index in [1.54, 1.807) is 12.0 Å². The van der Waals surface area contributed by atoms with E-state index in [0.29, 0.717) is 12.8 Å². The lowest BCUT2D eigenvalue weighted by Gasteiger charge is -2.44. The Bertz CT molecular complexity index is 622. The Labute approximate surface area is 160 Å². The van der Waals surface area contributed by atoms with E-state index in [1.165, 1.54) is 4.90 Å². The number of ether oxygens (including phenoxy) is 2. The molecule has 0 radical (unpaired) electrons. The van der Waals surface area contributed by atoms with Gasteiger partial charge in [-0.15, -0.1) is 0 Å². The summed E-state index contributed by atoms with van der Waals surface area (Å²) in [5, 5.41) is 9.62. The van der Waals surface area contributed by atoms with Crippen LogP contribution in [-0.2, 0) is 16.1 Å². The lowest BCUT2D eigenvalue weighted by atomic mass is 9.94. The molecule has 0 aromatic heterocycles. The molecule has 1 saturated heterocycles. The maximum atomic E-state index is 12.7. The summed E-state index contributed by atoms with van der Waals surface area (Å²) in [6.07, 6.45) is -0.251. The Morgan fingerprint density at radius 2 is 1.89 bits per heavy atom. The number of piperidine rings is 1. The van der Waals surface area contributed by atoms with Gasteiger partial charge in [0.15, 0.2) is 0 Å². The monoisotopic (exact) mass is 378 g/mol. The van der Waals surface area contributed by atoms with Crippen LogP contribution in [0.5, 0.6) is 0 Å². The molecule has 1 N–H and O–H groups in total. The van der Waals surface area contributed by atoms with Gasteiger partial charge in [-0.1, -0.05) is 30.3 Å². The molecule has 0 aliphatic carbocycles. The average molecular weight is 378 g/mol. The number of carbonyl (C=O) groups is 2. The Hall–Kier alpha value is -2.28. The van der Waals surface area contributed by atoms with E-state index < -0.39 is 12.2 Å². The van der Waals surface area contributed by atoms with Crippen LogP contribution in [0.4, 0.5) is 9.59 Å². The fourth-order valence-corrected chi connectivity index (χ4v) is 3.64. The Balaban J connectivity index is 2.07. The minimum Gasteiger partial charge on any atom is -0.465 e. The molecule has 0 spiro atoms. The van der Waals surface area contributed by atoms with E-state index >= 15 is 0 Å². The van der Waals surface area contributed by atoms with E-state index in [1.807, 2.05) is 51.1 Å². The second kappa shape index (κ2) is 9.60. The molecular formula is C20H30N2O5. The summed E-state index contributed by atoms with van der Waals surface area (Å²) in [6.45, 7) is 6.15. The molecule has 1 heterocycles. The minimum atomic E-state index is -0.991. The summed E-state index contributed by atoms with van der Waals surface area (Å²) in [4.78, 5) is 27.5. The van der Waals surface area contributed by atoms with Crippen LogP contribution < -0.4 is 0 Å². The number of nitrogens with zero attached hydrogens (tertiary/aromatic N) is 2. The quantitative estimate of drug-likeness (QED) is 0.818. The van der Waals surface area contributed by atoms with Gasteiger partial charge in [-0.2, -0.15) is 0 Å². The van der Waals surface area contributed by atoms with Gasteiger partial charge in [0.1, 0.15) is 6.61 Å². The van der Waals surface area contributed by atoms with Gasteiger partial charge in [-0.25, -0.2) is 9.59 Å². The summed E-state index contributed by atoms with van der Waals surface area (Å²) in [7, 11) is 1.58. The molecule has 1 aromatic carbocycles. The van der Waals surface area contributed by atoms with Crippen molar-refractivity contribution in [3.63, 3.8) is 0 Å². The molecule has 0 bridgehead atoms. The van der Waals surface area contributed by atoms with Gasteiger partial charge in [0.25, 0.3) is 0 Å². The minimum absolute atomic E-state index is 0.0923. The molecule has 1 fully saturated rings. The van der Waals surface area contributed by atoms with Crippen LogP contribution in [0.2, 0.25) is 0 Å². The van der Waals surface area contributed by atoms with Crippen molar-refractivity contribution in [3.05, 3.63) is 35.9 Å². The van der Waals surface area contributed by atoms with Crippen molar-refractivity contribution in [2.75, 3.05) is 13.7 Å². The zero-order valence-corrected chi connectivity index (χ0v) is 16.5. The maximum Gasteiger partial charge on any atom is 0.410 e. The van der Waals surface area contributed by atoms with Crippen LogP contribution >= 0.6 is 0 Å². The van der Waals surface area contributed by atoms with Gasteiger partial charge in [0, 0.05) is 19.7 Å². The Morgan fingerprint density at radius 1 is 1.22 bits per heavy atom. The third-order valence-electron chi connectivity index (χ3n) is 5.13. The van der Waals surface area contributed by atoms with Crippen molar-refractivity contribution in [2.45, 2.75) is 64.4 Å². The van der Waals surface area contributed by atoms with E-state index in [4.69, 9.17) is 9.47 Å². The second-order valence-corrected chi connectivity index (χ2v) is 7.22. The third-order valence-corrected chi connectivity index (χ3v) is 5.13. The molecule has 7 heteroatoms. The number of benzene rings is 1. The molecule has 1 aliphatic rings. The van der Waals surface area contributed by atoms with Crippen LogP contribution in [0.25, 0.3) is 0 Å². The average Bonchev–Trinajstić information content (AvgIpc) is 2.66. The lowest BCUT2D eigenvalue weighted by Crippen LogP contribution is -2.59. The van der Waals surface area contributed by atoms with Crippen LogP contribution in [0.15, 0.2) is 30.3 Å². The summed E-state index contributed by atoms with van der Waals surface area (Å²) in [6, 6.07) is 8.98. The van der Waals surface area contributed by atoms with Crippen LogP contribution in [-0.4, -0.2) is 65.0 Å². The first-order valence-electron chi connectivity index (χ1n) is 9.36. The predicted octanol–water partition coefficient (Wildman–Crippen LogP) is 3.58. The molecule has 2 amide bonds. The van der Waals surface area contributed by atoms with Gasteiger partial charge in [-0.05, 0) is 39.2 Å². The van der Waals surface area contributed by atoms with Crippen molar-refractivity contribution in [1.82, 2.24) is 9.80 Å². The van der Waals surface area contributed by atoms with Gasteiger partial charge >= 0.3 is 12.2 Å². The SMILES string of the molecule is COC(C)[C@H]1CC[C@@H](N(C(=O)OCc2ccccc2)C(C)C)CN1C(=O)O. The number of rotatable bonds is 6. The molecule has 7 nitrogen and oxygen atoms in total. The fraction of sp³-hybridized carbons (Fsp3) is 0.600. The van der Waals surface area contributed by atoms with Crippen molar-refractivity contribution in [1.29, 1.82) is 0 Å². The number of likely N-dealkylation sites (tertiary alicyclic amines) is 1. The Morgan fingerprint density at radius 3 is 2.44 bits per heavy atom. The van der Waals surface area contributed by atoms with Crippen LogP contribution in [0, 0.1) is 0 Å². The van der Waals surface area contributed by atoms with E-state index in [0.717, 1.165) is 5.56 Å². The second-order valence-electron chi connectivity index (χ2n) is 7.22. The topological polar surface area (TPSA) is 79.3 Å². The number of hydrogen-bond acceptors (Lipinski definition) is 4. The molecular weight excluding hydrogens is 348 g/mol. The normalized spacial score (nSPS) is 21.0. The zero-order chi connectivity index (χ0) is 20.0. The summed E-state index contributed by atoms with van der Waals surface area (Å²) < 4.78 is 10.8. The van der Waals surface area contributed by atoms with Crippen molar-refractivity contribution >= 4 is 12.2 Å². The van der Waals surface area contributed by atoms with Crippen molar-refractivity contribution < 1.29 is 24.2 Å². The largest absolute Gasteiger partial charge is 0.465 e. The first kappa shape index (κ1) is 21.0. The number of hydrogen-bond donors (Lipinski definition) is 1. The van der Waals surface area contributed by atoms with Gasteiger partial charge < -0.3 is 24.4 Å². The summed E-state index contributed by atoms with van der Waals surface area (Å²) in [5.41, 5.74) is 0.916. The molecule has 3 atom stereocenters.